The van der Waals surface area contributed by atoms with Gasteiger partial charge < -0.3 is 4.90 Å². The van der Waals surface area contributed by atoms with Crippen molar-refractivity contribution < 1.29 is 13.2 Å². The molecule has 126 valence electrons. The Labute approximate surface area is 146 Å². The molecule has 0 radical (unpaired) electrons. The van der Waals surface area contributed by atoms with Crippen molar-refractivity contribution in [2.45, 2.75) is 24.2 Å². The third kappa shape index (κ3) is 3.71. The maximum Gasteiger partial charge on any atom is 0.261 e. The van der Waals surface area contributed by atoms with Crippen molar-refractivity contribution in [3.05, 3.63) is 53.6 Å². The van der Waals surface area contributed by atoms with E-state index >= 15 is 0 Å². The zero-order valence-corrected chi connectivity index (χ0v) is 14.5. The van der Waals surface area contributed by atoms with Crippen molar-refractivity contribution in [1.82, 2.24) is 0 Å². The maximum absolute atomic E-state index is 12.4. The van der Waals surface area contributed by atoms with Crippen molar-refractivity contribution in [2.24, 2.45) is 0 Å². The van der Waals surface area contributed by atoms with Gasteiger partial charge >= 0.3 is 0 Å². The zero-order chi connectivity index (χ0) is 17.2. The van der Waals surface area contributed by atoms with Crippen LogP contribution in [0.15, 0.2) is 53.4 Å². The van der Waals surface area contributed by atoms with E-state index in [9.17, 15) is 13.2 Å². The van der Waals surface area contributed by atoms with Gasteiger partial charge in [0.25, 0.3) is 10.0 Å². The molecular weight excluding hydrogens is 348 g/mol. The highest BCUT2D eigenvalue weighted by molar-refractivity contribution is 7.92. The second kappa shape index (κ2) is 6.83. The predicted octanol–water partition coefficient (Wildman–Crippen LogP) is 3.66. The fourth-order valence-corrected chi connectivity index (χ4v) is 3.82. The average molecular weight is 365 g/mol. The Kier molecular flexibility index (Phi) is 4.78. The van der Waals surface area contributed by atoms with Gasteiger partial charge in [-0.3, -0.25) is 9.52 Å². The van der Waals surface area contributed by atoms with Gasteiger partial charge in [0, 0.05) is 23.7 Å². The van der Waals surface area contributed by atoms with E-state index in [1.54, 1.807) is 23.1 Å². The van der Waals surface area contributed by atoms with Crippen LogP contribution in [0.3, 0.4) is 0 Å². The number of anilines is 2. The number of carbonyl (C=O) groups excluding carboxylic acids is 1. The van der Waals surface area contributed by atoms with Gasteiger partial charge in [0.1, 0.15) is 0 Å². The Bertz CT molecular complexity index is 850. The number of hydrogen-bond donors (Lipinski definition) is 1. The molecule has 0 aliphatic carbocycles. The summed E-state index contributed by atoms with van der Waals surface area (Å²) in [6.07, 6.45) is 2.38. The summed E-state index contributed by atoms with van der Waals surface area (Å²) in [6.45, 7) is 0.659. The standard InChI is InChI=1S/C17H17ClN2O3S/c18-13-7-9-16(10-8-13)24(22,23)19-14-4-3-5-15(12-14)20-11-2-1-6-17(20)21/h3-5,7-10,12,19H,1-2,6,11H2. The van der Waals surface area contributed by atoms with Gasteiger partial charge in [-0.2, -0.15) is 0 Å². The lowest BCUT2D eigenvalue weighted by Gasteiger charge is -2.27. The van der Waals surface area contributed by atoms with Crippen molar-refractivity contribution in [3.63, 3.8) is 0 Å². The highest BCUT2D eigenvalue weighted by atomic mass is 35.5. The molecule has 1 amide bonds. The first-order valence-corrected chi connectivity index (χ1v) is 9.51. The molecule has 1 saturated heterocycles. The molecule has 0 unspecified atom stereocenters. The summed E-state index contributed by atoms with van der Waals surface area (Å²) in [7, 11) is -3.70. The van der Waals surface area contributed by atoms with Crippen LogP contribution in [0.4, 0.5) is 11.4 Å². The molecule has 5 nitrogen and oxygen atoms in total. The van der Waals surface area contributed by atoms with E-state index in [-0.39, 0.29) is 10.8 Å². The molecular formula is C17H17ClN2O3S. The lowest BCUT2D eigenvalue weighted by molar-refractivity contribution is -0.119. The SMILES string of the molecule is O=C1CCCCN1c1cccc(NS(=O)(=O)c2ccc(Cl)cc2)c1. The van der Waals surface area contributed by atoms with Gasteiger partial charge in [-0.15, -0.1) is 0 Å². The molecule has 0 spiro atoms. The van der Waals surface area contributed by atoms with Crippen molar-refractivity contribution in [2.75, 3.05) is 16.2 Å². The number of benzene rings is 2. The van der Waals surface area contributed by atoms with Crippen LogP contribution in [-0.4, -0.2) is 20.9 Å². The number of halogens is 1. The third-order valence-electron chi connectivity index (χ3n) is 3.86. The van der Waals surface area contributed by atoms with Crippen molar-refractivity contribution in [3.8, 4) is 0 Å². The number of nitrogens with zero attached hydrogens (tertiary/aromatic N) is 1. The fraction of sp³-hybridized carbons (Fsp3) is 0.235. The average Bonchev–Trinajstić information content (AvgIpc) is 2.55. The minimum Gasteiger partial charge on any atom is -0.312 e. The molecule has 0 bridgehead atoms. The summed E-state index contributed by atoms with van der Waals surface area (Å²) in [5, 5.41) is 0.472. The number of piperidine rings is 1. The van der Waals surface area contributed by atoms with Crippen LogP contribution in [0.2, 0.25) is 5.02 Å². The molecule has 0 atom stereocenters. The molecule has 1 heterocycles. The van der Waals surface area contributed by atoms with Gasteiger partial charge in [-0.25, -0.2) is 8.42 Å². The smallest absolute Gasteiger partial charge is 0.261 e. The highest BCUT2D eigenvalue weighted by Crippen LogP contribution is 2.25. The van der Waals surface area contributed by atoms with Gasteiger partial charge in [-0.05, 0) is 55.3 Å². The monoisotopic (exact) mass is 364 g/mol. The van der Waals surface area contributed by atoms with Crippen LogP contribution >= 0.6 is 11.6 Å². The van der Waals surface area contributed by atoms with Crippen LogP contribution in [0, 0.1) is 0 Å². The first-order valence-electron chi connectivity index (χ1n) is 7.64. The predicted molar refractivity (Wildman–Crippen MR) is 94.9 cm³/mol. The van der Waals surface area contributed by atoms with Crippen LogP contribution < -0.4 is 9.62 Å². The van der Waals surface area contributed by atoms with E-state index in [0.717, 1.165) is 12.8 Å². The lowest BCUT2D eigenvalue weighted by atomic mass is 10.1. The summed E-state index contributed by atoms with van der Waals surface area (Å²) < 4.78 is 27.4. The van der Waals surface area contributed by atoms with E-state index in [0.29, 0.717) is 29.4 Å². The van der Waals surface area contributed by atoms with Crippen LogP contribution in [-0.2, 0) is 14.8 Å². The Morgan fingerprint density at radius 2 is 1.79 bits per heavy atom. The first kappa shape index (κ1) is 16.8. The zero-order valence-electron chi connectivity index (χ0n) is 12.9. The quantitative estimate of drug-likeness (QED) is 0.900. The highest BCUT2D eigenvalue weighted by Gasteiger charge is 2.20. The number of nitrogens with one attached hydrogen (secondary N) is 1. The summed E-state index contributed by atoms with van der Waals surface area (Å²) in [5.41, 5.74) is 1.12. The van der Waals surface area contributed by atoms with Crippen LogP contribution in [0.25, 0.3) is 0 Å². The first-order chi connectivity index (χ1) is 11.5. The minimum absolute atomic E-state index is 0.0685. The molecule has 2 aromatic carbocycles. The van der Waals surface area contributed by atoms with Crippen molar-refractivity contribution >= 4 is 38.9 Å². The number of rotatable bonds is 4. The second-order valence-electron chi connectivity index (χ2n) is 5.61. The van der Waals surface area contributed by atoms with Gasteiger partial charge in [0.15, 0.2) is 0 Å². The number of carbonyl (C=O) groups is 1. The molecule has 0 saturated carbocycles. The van der Waals surface area contributed by atoms with E-state index in [1.165, 1.54) is 24.3 Å². The van der Waals surface area contributed by atoms with Gasteiger partial charge in [0.05, 0.1) is 10.6 Å². The second-order valence-corrected chi connectivity index (χ2v) is 7.73. The van der Waals surface area contributed by atoms with Crippen LogP contribution in [0.5, 0.6) is 0 Å². The number of hydrogen-bond acceptors (Lipinski definition) is 3. The summed E-state index contributed by atoms with van der Waals surface area (Å²) in [4.78, 5) is 13.8. The van der Waals surface area contributed by atoms with E-state index in [1.807, 2.05) is 6.07 Å². The summed E-state index contributed by atoms with van der Waals surface area (Å²) in [6, 6.07) is 12.8. The molecule has 1 aliphatic heterocycles. The molecule has 24 heavy (non-hydrogen) atoms. The normalized spacial score (nSPS) is 15.4. The third-order valence-corrected chi connectivity index (χ3v) is 5.51. The Balaban J connectivity index is 1.84. The number of sulfonamides is 1. The topological polar surface area (TPSA) is 66.5 Å². The Morgan fingerprint density at radius 1 is 1.04 bits per heavy atom. The lowest BCUT2D eigenvalue weighted by Crippen LogP contribution is -2.35. The van der Waals surface area contributed by atoms with E-state index in [4.69, 9.17) is 11.6 Å². The van der Waals surface area contributed by atoms with Gasteiger partial charge in [0.2, 0.25) is 5.91 Å². The Hall–Kier alpha value is -2.05. The number of amides is 1. The van der Waals surface area contributed by atoms with Crippen molar-refractivity contribution in [1.29, 1.82) is 0 Å². The molecule has 2 aromatic rings. The van der Waals surface area contributed by atoms with Crippen LogP contribution in [0.1, 0.15) is 19.3 Å². The molecule has 1 N–H and O–H groups in total. The largest absolute Gasteiger partial charge is 0.312 e. The molecule has 7 heteroatoms. The molecule has 3 rings (SSSR count). The minimum atomic E-state index is -3.70. The van der Waals surface area contributed by atoms with E-state index < -0.39 is 10.0 Å². The molecule has 1 aliphatic rings. The summed E-state index contributed by atoms with van der Waals surface area (Å²) in [5.74, 6) is 0.0685. The Morgan fingerprint density at radius 3 is 2.50 bits per heavy atom. The summed E-state index contributed by atoms with van der Waals surface area (Å²) >= 11 is 5.79. The van der Waals surface area contributed by atoms with Gasteiger partial charge in [-0.1, -0.05) is 17.7 Å². The fourth-order valence-electron chi connectivity index (χ4n) is 2.64. The van der Waals surface area contributed by atoms with E-state index in [2.05, 4.69) is 4.72 Å². The molecule has 0 aromatic heterocycles. The molecule has 1 fully saturated rings. The maximum atomic E-state index is 12.4.